The van der Waals surface area contributed by atoms with Crippen LogP contribution >= 0.6 is 0 Å². The van der Waals surface area contributed by atoms with Crippen molar-refractivity contribution in [1.29, 1.82) is 0 Å². The highest BCUT2D eigenvalue weighted by Gasteiger charge is 2.23. The number of rotatable bonds is 3. The smallest absolute Gasteiger partial charge is 0.117 e. The van der Waals surface area contributed by atoms with Crippen molar-refractivity contribution >= 4 is 0 Å². The first-order valence-corrected chi connectivity index (χ1v) is 5.21. The Morgan fingerprint density at radius 3 is 3.07 bits per heavy atom. The molecule has 0 fully saturated rings. The zero-order valence-corrected chi connectivity index (χ0v) is 8.62. The molecule has 0 aromatic carbocycles. The molecule has 0 amide bonds. The van der Waals surface area contributed by atoms with Gasteiger partial charge in [-0.15, -0.1) is 0 Å². The van der Waals surface area contributed by atoms with E-state index in [0.717, 1.165) is 18.7 Å². The molecular weight excluding hydrogens is 174 g/mol. The minimum Gasteiger partial charge on any atom is -0.468 e. The van der Waals surface area contributed by atoms with E-state index in [1.807, 2.05) is 12.1 Å². The Bertz CT molecular complexity index is 302. The average Bonchev–Trinajstić information content (AvgIpc) is 2.69. The molecule has 1 aromatic rings. The summed E-state index contributed by atoms with van der Waals surface area (Å²) in [5.41, 5.74) is 0.252. The molecule has 1 heterocycles. The zero-order chi connectivity index (χ0) is 9.86. The molecule has 1 aliphatic rings. The van der Waals surface area contributed by atoms with Crippen LogP contribution in [-0.2, 0) is 6.54 Å². The van der Waals surface area contributed by atoms with E-state index >= 15 is 0 Å². The van der Waals surface area contributed by atoms with Crippen molar-refractivity contribution in [3.8, 4) is 0 Å². The van der Waals surface area contributed by atoms with E-state index in [9.17, 15) is 0 Å². The molecule has 0 aliphatic heterocycles. The lowest BCUT2D eigenvalue weighted by molar-refractivity contribution is 0.309. The molecular formula is C12H17NO. The van der Waals surface area contributed by atoms with E-state index in [-0.39, 0.29) is 5.54 Å². The SMILES string of the molecule is CC1(NCc2ccco2)CC=CCC1. The van der Waals surface area contributed by atoms with Gasteiger partial charge in [0.1, 0.15) is 5.76 Å². The maximum absolute atomic E-state index is 5.29. The van der Waals surface area contributed by atoms with Crippen molar-refractivity contribution in [1.82, 2.24) is 5.32 Å². The van der Waals surface area contributed by atoms with Crippen molar-refractivity contribution in [2.24, 2.45) is 0 Å². The summed E-state index contributed by atoms with van der Waals surface area (Å²) in [6.45, 7) is 3.11. The molecule has 14 heavy (non-hydrogen) atoms. The van der Waals surface area contributed by atoms with Crippen molar-refractivity contribution in [2.75, 3.05) is 0 Å². The van der Waals surface area contributed by atoms with Crippen LogP contribution < -0.4 is 5.32 Å². The van der Waals surface area contributed by atoms with E-state index < -0.39 is 0 Å². The van der Waals surface area contributed by atoms with Gasteiger partial charge in [-0.25, -0.2) is 0 Å². The van der Waals surface area contributed by atoms with Gasteiger partial charge in [0.25, 0.3) is 0 Å². The van der Waals surface area contributed by atoms with E-state index in [2.05, 4.69) is 24.4 Å². The second-order valence-corrected chi connectivity index (χ2v) is 4.21. The third-order valence-corrected chi connectivity index (χ3v) is 2.87. The van der Waals surface area contributed by atoms with Crippen LogP contribution in [0.25, 0.3) is 0 Å². The van der Waals surface area contributed by atoms with Crippen LogP contribution in [0.4, 0.5) is 0 Å². The minimum atomic E-state index is 0.252. The number of furan rings is 1. The molecule has 0 saturated heterocycles. The van der Waals surface area contributed by atoms with Crippen molar-refractivity contribution < 1.29 is 4.42 Å². The highest BCUT2D eigenvalue weighted by atomic mass is 16.3. The maximum Gasteiger partial charge on any atom is 0.117 e. The Morgan fingerprint density at radius 1 is 1.50 bits per heavy atom. The summed E-state index contributed by atoms with van der Waals surface area (Å²) in [4.78, 5) is 0. The molecule has 1 N–H and O–H groups in total. The molecule has 2 rings (SSSR count). The summed E-state index contributed by atoms with van der Waals surface area (Å²) in [6.07, 6.45) is 9.76. The second-order valence-electron chi connectivity index (χ2n) is 4.21. The van der Waals surface area contributed by atoms with Crippen LogP contribution in [0.15, 0.2) is 35.0 Å². The molecule has 0 spiro atoms. The number of allylic oxidation sites excluding steroid dienone is 1. The normalized spacial score (nSPS) is 26.6. The number of hydrogen-bond donors (Lipinski definition) is 1. The fourth-order valence-corrected chi connectivity index (χ4v) is 1.84. The molecule has 1 aromatic heterocycles. The third kappa shape index (κ3) is 2.26. The molecule has 76 valence electrons. The van der Waals surface area contributed by atoms with E-state index in [4.69, 9.17) is 4.42 Å². The van der Waals surface area contributed by atoms with Gasteiger partial charge in [-0.1, -0.05) is 12.2 Å². The van der Waals surface area contributed by atoms with Gasteiger partial charge in [0.2, 0.25) is 0 Å². The summed E-state index contributed by atoms with van der Waals surface area (Å²) >= 11 is 0. The minimum absolute atomic E-state index is 0.252. The highest BCUT2D eigenvalue weighted by Crippen LogP contribution is 2.23. The predicted octanol–water partition coefficient (Wildman–Crippen LogP) is 2.87. The first kappa shape index (κ1) is 9.53. The molecule has 0 bridgehead atoms. The quantitative estimate of drug-likeness (QED) is 0.743. The summed E-state index contributed by atoms with van der Waals surface area (Å²) in [5, 5.41) is 3.56. The van der Waals surface area contributed by atoms with Gasteiger partial charge in [-0.3, -0.25) is 0 Å². The van der Waals surface area contributed by atoms with E-state index in [1.54, 1.807) is 6.26 Å². The summed E-state index contributed by atoms with van der Waals surface area (Å²) < 4.78 is 5.29. The first-order chi connectivity index (χ1) is 6.79. The van der Waals surface area contributed by atoms with E-state index in [1.165, 1.54) is 12.8 Å². The number of hydrogen-bond acceptors (Lipinski definition) is 2. The Morgan fingerprint density at radius 2 is 2.43 bits per heavy atom. The van der Waals surface area contributed by atoms with Gasteiger partial charge in [0.05, 0.1) is 12.8 Å². The summed E-state index contributed by atoms with van der Waals surface area (Å²) in [6, 6.07) is 3.94. The fraction of sp³-hybridized carbons (Fsp3) is 0.500. The largest absolute Gasteiger partial charge is 0.468 e. The van der Waals surface area contributed by atoms with Gasteiger partial charge in [0.15, 0.2) is 0 Å². The number of nitrogens with one attached hydrogen (secondary N) is 1. The Balaban J connectivity index is 1.88. The van der Waals surface area contributed by atoms with Crippen molar-refractivity contribution in [3.63, 3.8) is 0 Å². The lowest BCUT2D eigenvalue weighted by Gasteiger charge is -2.31. The highest BCUT2D eigenvalue weighted by molar-refractivity contribution is 5.03. The fourth-order valence-electron chi connectivity index (χ4n) is 1.84. The van der Waals surface area contributed by atoms with Crippen LogP contribution in [0.2, 0.25) is 0 Å². The van der Waals surface area contributed by atoms with Crippen LogP contribution in [-0.4, -0.2) is 5.54 Å². The van der Waals surface area contributed by atoms with Gasteiger partial charge in [0, 0.05) is 5.54 Å². The molecule has 2 heteroatoms. The summed E-state index contributed by atoms with van der Waals surface area (Å²) in [7, 11) is 0. The van der Waals surface area contributed by atoms with Crippen molar-refractivity contribution in [2.45, 2.75) is 38.3 Å². The van der Waals surface area contributed by atoms with Gasteiger partial charge in [-0.05, 0) is 38.3 Å². The van der Waals surface area contributed by atoms with Gasteiger partial charge < -0.3 is 9.73 Å². The standard InChI is InChI=1S/C12H17NO/c1-12(7-3-2-4-8-12)13-10-11-6-5-9-14-11/h2-3,5-6,9,13H,4,7-8,10H2,1H3. The maximum atomic E-state index is 5.29. The zero-order valence-electron chi connectivity index (χ0n) is 8.62. The first-order valence-electron chi connectivity index (χ1n) is 5.21. The molecule has 1 aliphatic carbocycles. The molecule has 0 saturated carbocycles. The molecule has 1 unspecified atom stereocenters. The third-order valence-electron chi connectivity index (χ3n) is 2.87. The van der Waals surface area contributed by atoms with Crippen LogP contribution in [0, 0.1) is 0 Å². The monoisotopic (exact) mass is 191 g/mol. The van der Waals surface area contributed by atoms with Crippen LogP contribution in [0.3, 0.4) is 0 Å². The van der Waals surface area contributed by atoms with Crippen LogP contribution in [0.1, 0.15) is 31.9 Å². The van der Waals surface area contributed by atoms with Gasteiger partial charge >= 0.3 is 0 Å². The lowest BCUT2D eigenvalue weighted by atomic mass is 9.87. The molecule has 2 nitrogen and oxygen atoms in total. The van der Waals surface area contributed by atoms with Crippen LogP contribution in [0.5, 0.6) is 0 Å². The van der Waals surface area contributed by atoms with E-state index in [0.29, 0.717) is 0 Å². The molecule has 1 atom stereocenters. The Labute approximate surface area is 85.0 Å². The Kier molecular flexibility index (Phi) is 2.73. The van der Waals surface area contributed by atoms with Crippen molar-refractivity contribution in [3.05, 3.63) is 36.3 Å². The average molecular weight is 191 g/mol. The summed E-state index contributed by atoms with van der Waals surface area (Å²) in [5.74, 6) is 1.01. The Hall–Kier alpha value is -1.02. The molecule has 0 radical (unpaired) electrons. The topological polar surface area (TPSA) is 25.2 Å². The predicted molar refractivity (Wildman–Crippen MR) is 56.9 cm³/mol. The second kappa shape index (κ2) is 4.01. The lowest BCUT2D eigenvalue weighted by Crippen LogP contribution is -2.42. The van der Waals surface area contributed by atoms with Gasteiger partial charge in [-0.2, -0.15) is 0 Å².